The lowest BCUT2D eigenvalue weighted by Crippen LogP contribution is -2.15. The zero-order chi connectivity index (χ0) is 10.8. The van der Waals surface area contributed by atoms with Gasteiger partial charge in [-0.15, -0.1) is 0 Å². The summed E-state index contributed by atoms with van der Waals surface area (Å²) in [6.07, 6.45) is 4.02. The quantitative estimate of drug-likeness (QED) is 0.677. The third kappa shape index (κ3) is 1.78. The van der Waals surface area contributed by atoms with E-state index in [0.29, 0.717) is 0 Å². The number of hydrogen-bond donors (Lipinski definition) is 0. The molecular weight excluding hydrogens is 184 g/mol. The second kappa shape index (κ2) is 3.85. The second-order valence-electron chi connectivity index (χ2n) is 3.92. The van der Waals surface area contributed by atoms with Crippen LogP contribution in [-0.4, -0.2) is 5.78 Å². The van der Waals surface area contributed by atoms with Crippen LogP contribution in [0.4, 0.5) is 0 Å². The minimum atomic E-state index is -0.0881. The maximum atomic E-state index is 12.0. The van der Waals surface area contributed by atoms with Gasteiger partial charge in [-0.1, -0.05) is 42.5 Å². The van der Waals surface area contributed by atoms with Crippen molar-refractivity contribution < 1.29 is 4.79 Å². The molecule has 15 heavy (non-hydrogen) atoms. The summed E-state index contributed by atoms with van der Waals surface area (Å²) in [5.74, 6) is 0.135. The SMILES string of the molecule is CC1=C(C)C(=O)C(c2ccccc2)C=C1. The van der Waals surface area contributed by atoms with Gasteiger partial charge in [0.05, 0.1) is 5.92 Å². The summed E-state index contributed by atoms with van der Waals surface area (Å²) in [6.45, 7) is 3.88. The fraction of sp³-hybridized carbons (Fsp3) is 0.214. The van der Waals surface area contributed by atoms with Crippen molar-refractivity contribution in [2.75, 3.05) is 0 Å². The van der Waals surface area contributed by atoms with Gasteiger partial charge in [-0.3, -0.25) is 4.79 Å². The van der Waals surface area contributed by atoms with Crippen molar-refractivity contribution in [3.63, 3.8) is 0 Å². The summed E-state index contributed by atoms with van der Waals surface area (Å²) >= 11 is 0. The smallest absolute Gasteiger partial charge is 0.170 e. The number of carbonyl (C=O) groups is 1. The van der Waals surface area contributed by atoms with E-state index in [1.165, 1.54) is 0 Å². The fourth-order valence-corrected chi connectivity index (χ4v) is 1.80. The van der Waals surface area contributed by atoms with E-state index in [4.69, 9.17) is 0 Å². The van der Waals surface area contributed by atoms with Crippen LogP contribution in [0, 0.1) is 0 Å². The van der Waals surface area contributed by atoms with Crippen LogP contribution in [-0.2, 0) is 4.79 Å². The highest BCUT2D eigenvalue weighted by atomic mass is 16.1. The lowest BCUT2D eigenvalue weighted by molar-refractivity contribution is -0.116. The molecule has 0 fully saturated rings. The predicted molar refractivity (Wildman–Crippen MR) is 61.7 cm³/mol. The average molecular weight is 198 g/mol. The lowest BCUT2D eigenvalue weighted by atomic mass is 9.85. The van der Waals surface area contributed by atoms with E-state index < -0.39 is 0 Å². The van der Waals surface area contributed by atoms with Crippen LogP contribution in [0.2, 0.25) is 0 Å². The lowest BCUT2D eigenvalue weighted by Gasteiger charge is -2.17. The van der Waals surface area contributed by atoms with Crippen LogP contribution < -0.4 is 0 Å². The standard InChI is InChI=1S/C14H14O/c1-10-8-9-13(14(15)11(10)2)12-6-4-3-5-7-12/h3-9,13H,1-2H3. The van der Waals surface area contributed by atoms with E-state index in [-0.39, 0.29) is 11.7 Å². The Morgan fingerprint density at radius 3 is 2.40 bits per heavy atom. The number of ketones is 1. The van der Waals surface area contributed by atoms with E-state index in [9.17, 15) is 4.79 Å². The molecule has 0 saturated heterocycles. The Kier molecular flexibility index (Phi) is 2.55. The number of benzene rings is 1. The van der Waals surface area contributed by atoms with E-state index in [1.807, 2.05) is 56.3 Å². The molecule has 1 aromatic carbocycles. The number of hydrogen-bond acceptors (Lipinski definition) is 1. The molecule has 1 aromatic rings. The Bertz CT molecular complexity index is 438. The normalized spacial score (nSPS) is 20.9. The van der Waals surface area contributed by atoms with Crippen LogP contribution in [0.25, 0.3) is 0 Å². The predicted octanol–water partition coefficient (Wildman–Crippen LogP) is 3.25. The second-order valence-corrected chi connectivity index (χ2v) is 3.92. The highest BCUT2D eigenvalue weighted by Crippen LogP contribution is 2.27. The molecule has 1 aliphatic carbocycles. The average Bonchev–Trinajstić information content (AvgIpc) is 2.27. The molecule has 1 unspecified atom stereocenters. The minimum absolute atomic E-state index is 0.0881. The number of Topliss-reactive ketones (excluding diaryl/α,β-unsaturated/α-hetero) is 1. The Morgan fingerprint density at radius 1 is 1.07 bits per heavy atom. The van der Waals surface area contributed by atoms with Gasteiger partial charge in [-0.25, -0.2) is 0 Å². The summed E-state index contributed by atoms with van der Waals surface area (Å²) in [7, 11) is 0. The first kappa shape index (κ1) is 9.91. The van der Waals surface area contributed by atoms with E-state index in [1.54, 1.807) is 0 Å². The highest BCUT2D eigenvalue weighted by molar-refractivity contribution is 6.03. The van der Waals surface area contributed by atoms with Gasteiger partial charge in [0.1, 0.15) is 0 Å². The van der Waals surface area contributed by atoms with Crippen LogP contribution >= 0.6 is 0 Å². The molecule has 1 nitrogen and oxygen atoms in total. The van der Waals surface area contributed by atoms with E-state index >= 15 is 0 Å². The van der Waals surface area contributed by atoms with Crippen molar-refractivity contribution in [1.29, 1.82) is 0 Å². The van der Waals surface area contributed by atoms with Crippen molar-refractivity contribution in [1.82, 2.24) is 0 Å². The van der Waals surface area contributed by atoms with Gasteiger partial charge in [-0.2, -0.15) is 0 Å². The van der Waals surface area contributed by atoms with Gasteiger partial charge < -0.3 is 0 Å². The van der Waals surface area contributed by atoms with Crippen LogP contribution in [0.5, 0.6) is 0 Å². The Labute approximate surface area is 90.1 Å². The Hall–Kier alpha value is -1.63. The molecule has 0 aliphatic heterocycles. The largest absolute Gasteiger partial charge is 0.294 e. The molecular formula is C14H14O. The molecule has 76 valence electrons. The molecule has 0 saturated carbocycles. The van der Waals surface area contributed by atoms with Crippen molar-refractivity contribution in [2.24, 2.45) is 0 Å². The van der Waals surface area contributed by atoms with Crippen LogP contribution in [0.3, 0.4) is 0 Å². The first-order valence-electron chi connectivity index (χ1n) is 5.15. The van der Waals surface area contributed by atoms with Crippen LogP contribution in [0.15, 0.2) is 53.6 Å². The molecule has 1 aliphatic rings. The fourth-order valence-electron chi connectivity index (χ4n) is 1.80. The molecule has 0 bridgehead atoms. The summed E-state index contributed by atoms with van der Waals surface area (Å²) in [5.41, 5.74) is 3.03. The molecule has 1 atom stereocenters. The molecule has 2 rings (SSSR count). The monoisotopic (exact) mass is 198 g/mol. The molecule has 1 heteroatoms. The third-order valence-corrected chi connectivity index (χ3v) is 2.94. The molecule has 0 heterocycles. The first-order chi connectivity index (χ1) is 7.20. The Balaban J connectivity index is 2.37. The summed E-state index contributed by atoms with van der Waals surface area (Å²) < 4.78 is 0. The van der Waals surface area contributed by atoms with Gasteiger partial charge in [0.15, 0.2) is 5.78 Å². The summed E-state index contributed by atoms with van der Waals surface area (Å²) in [4.78, 5) is 12.0. The molecule has 0 N–H and O–H groups in total. The Morgan fingerprint density at radius 2 is 1.73 bits per heavy atom. The van der Waals surface area contributed by atoms with Gasteiger partial charge in [-0.05, 0) is 30.6 Å². The maximum Gasteiger partial charge on any atom is 0.170 e. The minimum Gasteiger partial charge on any atom is -0.294 e. The van der Waals surface area contributed by atoms with Crippen molar-refractivity contribution in [2.45, 2.75) is 19.8 Å². The summed E-state index contributed by atoms with van der Waals surface area (Å²) in [5, 5.41) is 0. The summed E-state index contributed by atoms with van der Waals surface area (Å²) in [6, 6.07) is 9.91. The van der Waals surface area contributed by atoms with Crippen LogP contribution in [0.1, 0.15) is 25.3 Å². The maximum absolute atomic E-state index is 12.0. The zero-order valence-electron chi connectivity index (χ0n) is 9.03. The first-order valence-corrected chi connectivity index (χ1v) is 5.15. The zero-order valence-corrected chi connectivity index (χ0v) is 9.03. The molecule has 0 spiro atoms. The third-order valence-electron chi connectivity index (χ3n) is 2.94. The van der Waals surface area contributed by atoms with E-state index in [0.717, 1.165) is 16.7 Å². The topological polar surface area (TPSA) is 17.1 Å². The number of carbonyl (C=O) groups excluding carboxylic acids is 1. The van der Waals surface area contributed by atoms with Crippen molar-refractivity contribution in [3.8, 4) is 0 Å². The van der Waals surface area contributed by atoms with Gasteiger partial charge in [0, 0.05) is 0 Å². The number of rotatable bonds is 1. The van der Waals surface area contributed by atoms with Gasteiger partial charge >= 0.3 is 0 Å². The van der Waals surface area contributed by atoms with Gasteiger partial charge in [0.25, 0.3) is 0 Å². The molecule has 0 amide bonds. The van der Waals surface area contributed by atoms with Crippen molar-refractivity contribution in [3.05, 3.63) is 59.2 Å². The highest BCUT2D eigenvalue weighted by Gasteiger charge is 2.22. The van der Waals surface area contributed by atoms with E-state index in [2.05, 4.69) is 0 Å². The van der Waals surface area contributed by atoms with Gasteiger partial charge in [0.2, 0.25) is 0 Å². The molecule has 0 aromatic heterocycles. The van der Waals surface area contributed by atoms with Crippen molar-refractivity contribution >= 4 is 5.78 Å². The number of allylic oxidation sites excluding steroid dienone is 4. The molecule has 0 radical (unpaired) electrons.